The Morgan fingerprint density at radius 3 is 2.35 bits per heavy atom. The smallest absolute Gasteiger partial charge is 0.354 e. The molecule has 2 aromatic rings. The molecule has 0 bridgehead atoms. The SMILES string of the molecule is O=CN(O)[C@@H](CCCc1ncccn1)CS(=O)(=O)N1CCN(c2ccc(C(F)(F)F)cn2)CC1. The highest BCUT2D eigenvalue weighted by molar-refractivity contribution is 7.89. The van der Waals surface area contributed by atoms with E-state index in [0.717, 1.165) is 12.3 Å². The lowest BCUT2D eigenvalue weighted by atomic mass is 10.1. The molecule has 1 amide bonds. The van der Waals surface area contributed by atoms with Gasteiger partial charge < -0.3 is 4.90 Å². The summed E-state index contributed by atoms with van der Waals surface area (Å²) in [7, 11) is -3.82. The van der Waals surface area contributed by atoms with Gasteiger partial charge in [-0.15, -0.1) is 0 Å². The van der Waals surface area contributed by atoms with Crippen molar-refractivity contribution in [2.75, 3.05) is 36.8 Å². The molecule has 0 aromatic carbocycles. The number of anilines is 1. The average Bonchev–Trinajstić information content (AvgIpc) is 2.83. The third-order valence-corrected chi connectivity index (χ3v) is 7.43. The van der Waals surface area contributed by atoms with Crippen molar-refractivity contribution < 1.29 is 31.6 Å². The quantitative estimate of drug-likeness (QED) is 0.296. The Balaban J connectivity index is 1.56. The van der Waals surface area contributed by atoms with Crippen LogP contribution in [0, 0.1) is 0 Å². The fourth-order valence-corrected chi connectivity index (χ4v) is 5.35. The number of alkyl halides is 3. The molecule has 1 N–H and O–H groups in total. The summed E-state index contributed by atoms with van der Waals surface area (Å²) in [5.74, 6) is 0.442. The summed E-state index contributed by atoms with van der Waals surface area (Å²) in [5, 5.41) is 10.3. The van der Waals surface area contributed by atoms with Gasteiger partial charge >= 0.3 is 6.18 Å². The highest BCUT2D eigenvalue weighted by Crippen LogP contribution is 2.29. The molecule has 34 heavy (non-hydrogen) atoms. The second-order valence-corrected chi connectivity index (χ2v) is 9.78. The van der Waals surface area contributed by atoms with E-state index in [4.69, 9.17) is 0 Å². The highest BCUT2D eigenvalue weighted by Gasteiger charge is 2.33. The first-order valence-corrected chi connectivity index (χ1v) is 12.2. The minimum absolute atomic E-state index is 0.0993. The number of aromatic nitrogens is 3. The summed E-state index contributed by atoms with van der Waals surface area (Å²) in [6.07, 6.45) is 0.770. The Labute approximate surface area is 195 Å². The van der Waals surface area contributed by atoms with E-state index in [9.17, 15) is 31.6 Å². The maximum Gasteiger partial charge on any atom is 0.417 e. The molecule has 1 aliphatic heterocycles. The lowest BCUT2D eigenvalue weighted by Crippen LogP contribution is -2.51. The van der Waals surface area contributed by atoms with Crippen molar-refractivity contribution in [3.05, 3.63) is 48.2 Å². The molecule has 1 atom stereocenters. The first-order chi connectivity index (χ1) is 16.1. The second kappa shape index (κ2) is 11.1. The number of piperazine rings is 1. The molecule has 0 aliphatic carbocycles. The molecule has 10 nitrogen and oxygen atoms in total. The van der Waals surface area contributed by atoms with Crippen molar-refractivity contribution in [2.45, 2.75) is 31.5 Å². The van der Waals surface area contributed by atoms with Crippen LogP contribution in [0.3, 0.4) is 0 Å². The number of rotatable bonds is 10. The number of pyridine rings is 1. The molecule has 1 aliphatic rings. The fourth-order valence-electron chi connectivity index (χ4n) is 3.62. The maximum absolute atomic E-state index is 12.9. The van der Waals surface area contributed by atoms with Crippen molar-refractivity contribution in [1.29, 1.82) is 0 Å². The van der Waals surface area contributed by atoms with Crippen LogP contribution in [0.4, 0.5) is 19.0 Å². The Morgan fingerprint density at radius 1 is 1.12 bits per heavy atom. The lowest BCUT2D eigenvalue weighted by Gasteiger charge is -2.35. The predicted molar refractivity (Wildman–Crippen MR) is 115 cm³/mol. The van der Waals surface area contributed by atoms with Crippen LogP contribution in [0.2, 0.25) is 0 Å². The normalized spacial score (nSPS) is 16.3. The molecule has 0 radical (unpaired) electrons. The molecule has 1 fully saturated rings. The summed E-state index contributed by atoms with van der Waals surface area (Å²) in [6, 6.07) is 2.92. The van der Waals surface area contributed by atoms with Crippen LogP contribution in [-0.4, -0.2) is 82.3 Å². The van der Waals surface area contributed by atoms with Crippen molar-refractivity contribution in [2.24, 2.45) is 0 Å². The van der Waals surface area contributed by atoms with Crippen LogP contribution >= 0.6 is 0 Å². The Hall–Kier alpha value is -2.84. The largest absolute Gasteiger partial charge is 0.417 e. The van der Waals surface area contributed by atoms with Gasteiger partial charge in [0.2, 0.25) is 16.4 Å². The molecule has 3 heterocycles. The Morgan fingerprint density at radius 2 is 1.79 bits per heavy atom. The summed E-state index contributed by atoms with van der Waals surface area (Å²) in [5.41, 5.74) is -0.855. The molecular weight excluding hydrogens is 477 g/mol. The molecule has 2 aromatic heterocycles. The number of hydrogen-bond acceptors (Lipinski definition) is 8. The van der Waals surface area contributed by atoms with Crippen LogP contribution in [-0.2, 0) is 27.4 Å². The standard InChI is InChI=1S/C20H25F3N6O4S/c21-20(22,23)16-5-6-19(26-13-16)27-9-11-28(12-10-27)34(32,33)14-17(29(31)15-30)3-1-4-18-24-7-2-8-25-18/h2,5-8,13,15,17,31H,1,3-4,9-12,14H2/t17-/m0/s1. The third kappa shape index (κ3) is 6.84. The van der Waals surface area contributed by atoms with Crippen LogP contribution < -0.4 is 4.90 Å². The van der Waals surface area contributed by atoms with Gasteiger partial charge in [0, 0.05) is 51.2 Å². The molecule has 186 valence electrons. The van der Waals surface area contributed by atoms with Gasteiger partial charge in [0.25, 0.3) is 0 Å². The number of carbonyl (C=O) groups is 1. The number of aryl methyl sites for hydroxylation is 1. The number of amides is 1. The van der Waals surface area contributed by atoms with Gasteiger partial charge in [-0.25, -0.2) is 28.4 Å². The van der Waals surface area contributed by atoms with Crippen LogP contribution in [0.15, 0.2) is 36.8 Å². The number of hydroxylamine groups is 2. The average molecular weight is 503 g/mol. The highest BCUT2D eigenvalue weighted by atomic mass is 32.2. The van der Waals surface area contributed by atoms with Crippen molar-refractivity contribution >= 4 is 22.3 Å². The van der Waals surface area contributed by atoms with E-state index < -0.39 is 33.6 Å². The number of sulfonamides is 1. The lowest BCUT2D eigenvalue weighted by molar-refractivity contribution is -0.158. The van der Waals surface area contributed by atoms with Gasteiger partial charge in [-0.05, 0) is 31.0 Å². The summed E-state index contributed by atoms with van der Waals surface area (Å²) in [6.45, 7) is 0.679. The number of nitrogens with zero attached hydrogens (tertiary/aromatic N) is 6. The number of halogens is 3. The van der Waals surface area contributed by atoms with Crippen LogP contribution in [0.1, 0.15) is 24.2 Å². The zero-order chi connectivity index (χ0) is 24.8. The topological polar surface area (TPSA) is 120 Å². The molecular formula is C20H25F3N6O4S. The van der Waals surface area contributed by atoms with E-state index in [1.165, 1.54) is 10.4 Å². The zero-order valence-corrected chi connectivity index (χ0v) is 19.0. The van der Waals surface area contributed by atoms with Crippen molar-refractivity contribution in [1.82, 2.24) is 24.3 Å². The Bertz CT molecular complexity index is 1030. The summed E-state index contributed by atoms with van der Waals surface area (Å²) < 4.78 is 65.3. The molecule has 0 saturated carbocycles. The summed E-state index contributed by atoms with van der Waals surface area (Å²) in [4.78, 5) is 24.8. The van der Waals surface area contributed by atoms with Gasteiger partial charge in [0.05, 0.1) is 17.4 Å². The molecule has 1 saturated heterocycles. The maximum atomic E-state index is 12.9. The van der Waals surface area contributed by atoms with E-state index in [-0.39, 0.29) is 39.0 Å². The number of carbonyl (C=O) groups excluding carboxylic acids is 1. The first-order valence-electron chi connectivity index (χ1n) is 10.5. The summed E-state index contributed by atoms with van der Waals surface area (Å²) >= 11 is 0. The number of hydrogen-bond donors (Lipinski definition) is 1. The molecule has 0 unspecified atom stereocenters. The molecule has 3 rings (SSSR count). The fraction of sp³-hybridized carbons (Fsp3) is 0.500. The molecule has 14 heteroatoms. The predicted octanol–water partition coefficient (Wildman–Crippen LogP) is 1.58. The van der Waals surface area contributed by atoms with E-state index in [1.54, 1.807) is 23.4 Å². The first kappa shape index (κ1) is 25.8. The van der Waals surface area contributed by atoms with Gasteiger partial charge in [0.15, 0.2) is 0 Å². The Kier molecular flexibility index (Phi) is 8.38. The van der Waals surface area contributed by atoms with Gasteiger partial charge in [-0.1, -0.05) is 0 Å². The second-order valence-electron chi connectivity index (χ2n) is 7.76. The van der Waals surface area contributed by atoms with Gasteiger partial charge in [-0.3, -0.25) is 10.0 Å². The van der Waals surface area contributed by atoms with Gasteiger partial charge in [-0.2, -0.15) is 17.5 Å². The third-order valence-electron chi connectivity index (χ3n) is 5.47. The minimum Gasteiger partial charge on any atom is -0.354 e. The van der Waals surface area contributed by atoms with E-state index in [2.05, 4.69) is 15.0 Å². The van der Waals surface area contributed by atoms with Crippen molar-refractivity contribution in [3.63, 3.8) is 0 Å². The van der Waals surface area contributed by atoms with E-state index in [1.807, 2.05) is 0 Å². The minimum atomic E-state index is -4.48. The van der Waals surface area contributed by atoms with E-state index >= 15 is 0 Å². The van der Waals surface area contributed by atoms with Crippen molar-refractivity contribution in [3.8, 4) is 0 Å². The molecule has 0 spiro atoms. The van der Waals surface area contributed by atoms with Crippen LogP contribution in [0.5, 0.6) is 0 Å². The van der Waals surface area contributed by atoms with Gasteiger partial charge in [0.1, 0.15) is 11.6 Å². The zero-order valence-electron chi connectivity index (χ0n) is 18.2. The van der Waals surface area contributed by atoms with E-state index in [0.29, 0.717) is 29.5 Å². The monoisotopic (exact) mass is 502 g/mol. The van der Waals surface area contributed by atoms with Crippen LogP contribution in [0.25, 0.3) is 0 Å².